The third kappa shape index (κ3) is 2.77. The van der Waals surface area contributed by atoms with Crippen molar-refractivity contribution in [1.29, 1.82) is 0 Å². The molecule has 0 fully saturated rings. The molecule has 1 aromatic heterocycles. The van der Waals surface area contributed by atoms with E-state index in [1.807, 2.05) is 0 Å². The van der Waals surface area contributed by atoms with Gasteiger partial charge >= 0.3 is 5.97 Å². The third-order valence-electron chi connectivity index (χ3n) is 2.04. The second kappa shape index (κ2) is 4.54. The van der Waals surface area contributed by atoms with Gasteiger partial charge in [0.05, 0.1) is 0 Å². The molecule has 5 heteroatoms. The summed E-state index contributed by atoms with van der Waals surface area (Å²) < 4.78 is 0. The number of aromatic nitrogens is 1. The number of aryl methyl sites for hydroxylation is 1. The lowest BCUT2D eigenvalue weighted by molar-refractivity contribution is -0.144. The quantitative estimate of drug-likeness (QED) is 0.727. The molecule has 1 atom stereocenters. The Balaban J connectivity index is 2.75. The Morgan fingerprint density at radius 2 is 2.20 bits per heavy atom. The van der Waals surface area contributed by atoms with Crippen molar-refractivity contribution in [2.45, 2.75) is 13.8 Å². The largest absolute Gasteiger partial charge is 0.481 e. The van der Waals surface area contributed by atoms with Crippen molar-refractivity contribution in [3.8, 4) is 0 Å². The molecule has 0 bridgehead atoms. The van der Waals surface area contributed by atoms with E-state index in [0.29, 0.717) is 5.69 Å². The van der Waals surface area contributed by atoms with Crippen LogP contribution in [0.3, 0.4) is 0 Å². The van der Waals surface area contributed by atoms with E-state index in [0.717, 1.165) is 5.56 Å². The minimum Gasteiger partial charge on any atom is -0.481 e. The number of carbonyl (C=O) groups excluding carboxylic acids is 1. The SMILES string of the molecule is Cc1cnccc1NC(=O)C(C)C(=O)O. The fourth-order valence-electron chi connectivity index (χ4n) is 0.967. The molecule has 0 saturated heterocycles. The predicted molar refractivity (Wildman–Crippen MR) is 54.4 cm³/mol. The molecule has 2 N–H and O–H groups in total. The van der Waals surface area contributed by atoms with Gasteiger partial charge in [-0.1, -0.05) is 0 Å². The van der Waals surface area contributed by atoms with Crippen LogP contribution in [0.1, 0.15) is 12.5 Å². The molecule has 0 saturated carbocycles. The number of hydrogen-bond donors (Lipinski definition) is 2. The summed E-state index contributed by atoms with van der Waals surface area (Å²) in [5.41, 5.74) is 1.38. The number of anilines is 1. The number of nitrogens with one attached hydrogen (secondary N) is 1. The number of hydrogen-bond acceptors (Lipinski definition) is 3. The normalized spacial score (nSPS) is 11.9. The predicted octanol–water partition coefficient (Wildman–Crippen LogP) is 1.05. The number of carbonyl (C=O) groups is 2. The van der Waals surface area contributed by atoms with Gasteiger partial charge in [-0.05, 0) is 25.5 Å². The van der Waals surface area contributed by atoms with E-state index < -0.39 is 17.8 Å². The van der Waals surface area contributed by atoms with Gasteiger partial charge in [-0.2, -0.15) is 0 Å². The first-order valence-corrected chi connectivity index (χ1v) is 4.46. The number of amides is 1. The van der Waals surface area contributed by atoms with Crippen molar-refractivity contribution in [2.24, 2.45) is 5.92 Å². The number of aliphatic carboxylic acids is 1. The maximum absolute atomic E-state index is 11.4. The summed E-state index contributed by atoms with van der Waals surface area (Å²) in [6.45, 7) is 3.13. The molecule has 5 nitrogen and oxygen atoms in total. The molecule has 1 unspecified atom stereocenters. The molecular weight excluding hydrogens is 196 g/mol. The van der Waals surface area contributed by atoms with Gasteiger partial charge in [0.25, 0.3) is 0 Å². The van der Waals surface area contributed by atoms with Crippen molar-refractivity contribution < 1.29 is 14.7 Å². The van der Waals surface area contributed by atoms with E-state index in [-0.39, 0.29) is 0 Å². The second-order valence-electron chi connectivity index (χ2n) is 3.24. The smallest absolute Gasteiger partial charge is 0.315 e. The Morgan fingerprint density at radius 1 is 1.53 bits per heavy atom. The highest BCUT2D eigenvalue weighted by molar-refractivity contribution is 6.04. The fourth-order valence-corrected chi connectivity index (χ4v) is 0.967. The average Bonchev–Trinajstić information content (AvgIpc) is 2.20. The summed E-state index contributed by atoms with van der Waals surface area (Å²) in [5, 5.41) is 11.2. The topological polar surface area (TPSA) is 79.3 Å². The summed E-state index contributed by atoms with van der Waals surface area (Å²) in [4.78, 5) is 25.8. The van der Waals surface area contributed by atoms with E-state index in [2.05, 4.69) is 10.3 Å². The molecular formula is C10H12N2O3. The molecule has 0 spiro atoms. The van der Waals surface area contributed by atoms with Gasteiger partial charge in [0.2, 0.25) is 5.91 Å². The van der Waals surface area contributed by atoms with Crippen molar-refractivity contribution in [1.82, 2.24) is 4.98 Å². The maximum atomic E-state index is 11.4. The summed E-state index contributed by atoms with van der Waals surface area (Å²) >= 11 is 0. The second-order valence-corrected chi connectivity index (χ2v) is 3.24. The molecule has 1 aromatic rings. The Kier molecular flexibility index (Phi) is 3.38. The van der Waals surface area contributed by atoms with E-state index >= 15 is 0 Å². The molecule has 1 heterocycles. The Morgan fingerprint density at radius 3 is 2.73 bits per heavy atom. The standard InChI is InChI=1S/C10H12N2O3/c1-6-5-11-4-3-8(6)12-9(13)7(2)10(14)15/h3-5,7H,1-2H3,(H,14,15)(H,11,12,13). The summed E-state index contributed by atoms with van der Waals surface area (Å²) in [6.07, 6.45) is 3.13. The lowest BCUT2D eigenvalue weighted by atomic mass is 10.1. The highest BCUT2D eigenvalue weighted by Crippen LogP contribution is 2.12. The van der Waals surface area contributed by atoms with Crippen LogP contribution in [-0.2, 0) is 9.59 Å². The number of pyridine rings is 1. The monoisotopic (exact) mass is 208 g/mol. The minimum atomic E-state index is -1.14. The van der Waals surface area contributed by atoms with E-state index in [9.17, 15) is 9.59 Å². The third-order valence-corrected chi connectivity index (χ3v) is 2.04. The number of carboxylic acids is 1. The molecule has 0 aliphatic heterocycles. The van der Waals surface area contributed by atoms with Crippen molar-refractivity contribution in [3.63, 3.8) is 0 Å². The van der Waals surface area contributed by atoms with Crippen LogP contribution >= 0.6 is 0 Å². The molecule has 1 amide bonds. The highest BCUT2D eigenvalue weighted by Gasteiger charge is 2.20. The van der Waals surface area contributed by atoms with E-state index in [1.165, 1.54) is 13.1 Å². The van der Waals surface area contributed by atoms with Gasteiger partial charge in [0, 0.05) is 18.1 Å². The van der Waals surface area contributed by atoms with Crippen molar-refractivity contribution in [2.75, 3.05) is 5.32 Å². The summed E-state index contributed by atoms with van der Waals surface area (Å²) in [5.74, 6) is -2.73. The van der Waals surface area contributed by atoms with Crippen LogP contribution in [0, 0.1) is 12.8 Å². The van der Waals surface area contributed by atoms with Crippen LogP contribution in [0.2, 0.25) is 0 Å². The Bertz CT molecular complexity index is 390. The van der Waals surface area contributed by atoms with Gasteiger partial charge in [-0.25, -0.2) is 0 Å². The van der Waals surface area contributed by atoms with Crippen LogP contribution in [0.4, 0.5) is 5.69 Å². The first-order chi connectivity index (χ1) is 7.02. The minimum absolute atomic E-state index is 0.531. The molecule has 1 rings (SSSR count). The Hall–Kier alpha value is -1.91. The van der Waals surface area contributed by atoms with E-state index in [1.54, 1.807) is 19.2 Å². The molecule has 0 radical (unpaired) electrons. The lowest BCUT2D eigenvalue weighted by Crippen LogP contribution is -2.27. The van der Waals surface area contributed by atoms with Crippen LogP contribution in [0.25, 0.3) is 0 Å². The van der Waals surface area contributed by atoms with E-state index in [4.69, 9.17) is 5.11 Å². The maximum Gasteiger partial charge on any atom is 0.315 e. The van der Waals surface area contributed by atoms with Crippen molar-refractivity contribution in [3.05, 3.63) is 24.0 Å². The first kappa shape index (κ1) is 11.2. The van der Waals surface area contributed by atoms with Gasteiger partial charge in [-0.15, -0.1) is 0 Å². The molecule has 0 aliphatic carbocycles. The summed E-state index contributed by atoms with van der Waals surface area (Å²) in [6, 6.07) is 1.63. The van der Waals surface area contributed by atoms with Gasteiger partial charge in [-0.3, -0.25) is 14.6 Å². The van der Waals surface area contributed by atoms with Crippen LogP contribution in [-0.4, -0.2) is 22.0 Å². The number of carboxylic acid groups (broad SMARTS) is 1. The highest BCUT2D eigenvalue weighted by atomic mass is 16.4. The molecule has 15 heavy (non-hydrogen) atoms. The summed E-state index contributed by atoms with van der Waals surface area (Å²) in [7, 11) is 0. The molecule has 0 aromatic carbocycles. The van der Waals surface area contributed by atoms with Gasteiger partial charge in [0.15, 0.2) is 0 Å². The van der Waals surface area contributed by atoms with Crippen LogP contribution < -0.4 is 5.32 Å². The van der Waals surface area contributed by atoms with Gasteiger partial charge in [0.1, 0.15) is 5.92 Å². The Labute approximate surface area is 87.1 Å². The first-order valence-electron chi connectivity index (χ1n) is 4.46. The fraction of sp³-hybridized carbons (Fsp3) is 0.300. The molecule has 80 valence electrons. The zero-order chi connectivity index (χ0) is 11.4. The molecule has 0 aliphatic rings. The number of nitrogens with zero attached hydrogens (tertiary/aromatic N) is 1. The van der Waals surface area contributed by atoms with Crippen molar-refractivity contribution >= 4 is 17.6 Å². The van der Waals surface area contributed by atoms with Crippen LogP contribution in [0.15, 0.2) is 18.5 Å². The van der Waals surface area contributed by atoms with Gasteiger partial charge < -0.3 is 10.4 Å². The zero-order valence-electron chi connectivity index (χ0n) is 8.52. The zero-order valence-corrected chi connectivity index (χ0v) is 8.52. The van der Waals surface area contributed by atoms with Crippen LogP contribution in [0.5, 0.6) is 0 Å². The number of rotatable bonds is 3. The lowest BCUT2D eigenvalue weighted by Gasteiger charge is -2.09. The average molecular weight is 208 g/mol.